The van der Waals surface area contributed by atoms with Crippen molar-refractivity contribution in [2.24, 2.45) is 0 Å². The molecule has 2 unspecified atom stereocenters. The third-order valence-electron chi connectivity index (χ3n) is 3.94. The van der Waals surface area contributed by atoms with Crippen LogP contribution in [0, 0.1) is 5.82 Å². The fourth-order valence-corrected chi connectivity index (χ4v) is 2.68. The van der Waals surface area contributed by atoms with Gasteiger partial charge >= 0.3 is 0 Å². The Morgan fingerprint density at radius 1 is 1.37 bits per heavy atom. The second-order valence-corrected chi connectivity index (χ2v) is 5.36. The minimum atomic E-state index is -0.274. The third kappa shape index (κ3) is 3.98. The topological polar surface area (TPSA) is 28.2 Å². The molecule has 1 N–H and O–H groups in total. The Labute approximate surface area is 115 Å². The summed E-state index contributed by atoms with van der Waals surface area (Å²) >= 11 is 0. The smallest absolute Gasteiger partial charge is 0.141 e. The van der Waals surface area contributed by atoms with Crippen LogP contribution in [0.2, 0.25) is 0 Å². The number of hydrogen-bond acceptors (Lipinski definition) is 3. The van der Waals surface area contributed by atoms with Gasteiger partial charge in [0.2, 0.25) is 0 Å². The number of likely N-dealkylation sites (tertiary alicyclic amines) is 1. The molecule has 1 aromatic heterocycles. The van der Waals surface area contributed by atoms with Crippen molar-refractivity contribution in [1.29, 1.82) is 0 Å². The van der Waals surface area contributed by atoms with Gasteiger partial charge in [0.25, 0.3) is 0 Å². The molecule has 2 rings (SSSR count). The Morgan fingerprint density at radius 2 is 2.11 bits per heavy atom. The van der Waals surface area contributed by atoms with Crippen LogP contribution in [0.25, 0.3) is 0 Å². The molecule has 1 aliphatic rings. The first-order chi connectivity index (χ1) is 9.20. The lowest BCUT2D eigenvalue weighted by molar-refractivity contribution is 0.244. The largest absolute Gasteiger partial charge is 0.307 e. The number of nitrogens with one attached hydrogen (secondary N) is 1. The maximum absolute atomic E-state index is 12.9. The SMILES string of the molecule is CCC(NCC(C)N1CCCC1)c1ccc(F)cn1. The molecule has 1 saturated heterocycles. The Balaban J connectivity index is 1.86. The average molecular weight is 265 g/mol. The summed E-state index contributed by atoms with van der Waals surface area (Å²) < 4.78 is 12.9. The van der Waals surface area contributed by atoms with E-state index in [2.05, 4.69) is 29.0 Å². The number of nitrogens with zero attached hydrogens (tertiary/aromatic N) is 2. The summed E-state index contributed by atoms with van der Waals surface area (Å²) in [5.74, 6) is -0.274. The van der Waals surface area contributed by atoms with Crippen LogP contribution in [0.1, 0.15) is 44.8 Å². The lowest BCUT2D eigenvalue weighted by Crippen LogP contribution is -2.39. The zero-order valence-corrected chi connectivity index (χ0v) is 11.9. The molecule has 1 aromatic rings. The van der Waals surface area contributed by atoms with Crippen molar-refractivity contribution < 1.29 is 4.39 Å². The molecule has 0 aliphatic carbocycles. The van der Waals surface area contributed by atoms with Gasteiger partial charge in [-0.25, -0.2) is 4.39 Å². The second-order valence-electron chi connectivity index (χ2n) is 5.36. The summed E-state index contributed by atoms with van der Waals surface area (Å²) in [4.78, 5) is 6.70. The van der Waals surface area contributed by atoms with Crippen molar-refractivity contribution >= 4 is 0 Å². The van der Waals surface area contributed by atoms with Gasteiger partial charge in [-0.1, -0.05) is 6.92 Å². The van der Waals surface area contributed by atoms with Gasteiger partial charge in [0.15, 0.2) is 0 Å². The maximum atomic E-state index is 12.9. The zero-order chi connectivity index (χ0) is 13.7. The van der Waals surface area contributed by atoms with Gasteiger partial charge in [-0.2, -0.15) is 0 Å². The van der Waals surface area contributed by atoms with Gasteiger partial charge in [-0.15, -0.1) is 0 Å². The standard InChI is InChI=1S/C15H24FN3/c1-3-14(15-7-6-13(16)11-18-15)17-10-12(2)19-8-4-5-9-19/h6-7,11-12,14,17H,3-5,8-10H2,1-2H3. The Kier molecular flexibility index (Phi) is 5.28. The average Bonchev–Trinajstić information content (AvgIpc) is 2.95. The molecule has 0 amide bonds. The van der Waals surface area contributed by atoms with Gasteiger partial charge in [0.1, 0.15) is 5.82 Å². The molecule has 3 nitrogen and oxygen atoms in total. The highest BCUT2D eigenvalue weighted by molar-refractivity contribution is 5.09. The number of rotatable bonds is 6. The quantitative estimate of drug-likeness (QED) is 0.857. The van der Waals surface area contributed by atoms with Crippen molar-refractivity contribution in [2.75, 3.05) is 19.6 Å². The lowest BCUT2D eigenvalue weighted by Gasteiger charge is -2.26. The number of hydrogen-bond donors (Lipinski definition) is 1. The molecule has 2 atom stereocenters. The van der Waals surface area contributed by atoms with E-state index in [1.807, 2.05) is 0 Å². The fourth-order valence-electron chi connectivity index (χ4n) is 2.68. The van der Waals surface area contributed by atoms with Crippen LogP contribution >= 0.6 is 0 Å². The van der Waals surface area contributed by atoms with Crippen molar-refractivity contribution in [1.82, 2.24) is 15.2 Å². The molecule has 1 aliphatic heterocycles. The monoisotopic (exact) mass is 265 g/mol. The highest BCUT2D eigenvalue weighted by Crippen LogP contribution is 2.16. The van der Waals surface area contributed by atoms with Gasteiger partial charge < -0.3 is 5.32 Å². The molecule has 4 heteroatoms. The lowest BCUT2D eigenvalue weighted by atomic mass is 10.1. The first kappa shape index (κ1) is 14.4. The van der Waals surface area contributed by atoms with Gasteiger partial charge in [-0.3, -0.25) is 9.88 Å². The highest BCUT2D eigenvalue weighted by Gasteiger charge is 2.19. The van der Waals surface area contributed by atoms with E-state index in [-0.39, 0.29) is 11.9 Å². The molecule has 1 fully saturated rings. The highest BCUT2D eigenvalue weighted by atomic mass is 19.1. The van der Waals surface area contributed by atoms with Crippen molar-refractivity contribution in [3.63, 3.8) is 0 Å². The van der Waals surface area contributed by atoms with E-state index in [1.54, 1.807) is 6.07 Å². The van der Waals surface area contributed by atoms with Gasteiger partial charge in [-0.05, 0) is 51.4 Å². The minimum Gasteiger partial charge on any atom is -0.307 e. The van der Waals surface area contributed by atoms with E-state index in [9.17, 15) is 4.39 Å². The van der Waals surface area contributed by atoms with E-state index < -0.39 is 0 Å². The molecule has 0 spiro atoms. The molecule has 0 bridgehead atoms. The van der Waals surface area contributed by atoms with Crippen LogP contribution in [0.3, 0.4) is 0 Å². The molecule has 0 radical (unpaired) electrons. The summed E-state index contributed by atoms with van der Waals surface area (Å²) in [6.07, 6.45) is 4.90. The molecule has 0 aromatic carbocycles. The fraction of sp³-hybridized carbons (Fsp3) is 0.667. The number of halogens is 1. The van der Waals surface area contributed by atoms with E-state index in [0.717, 1.165) is 18.7 Å². The van der Waals surface area contributed by atoms with Crippen LogP contribution in [0.5, 0.6) is 0 Å². The summed E-state index contributed by atoms with van der Waals surface area (Å²) in [6.45, 7) is 7.78. The number of pyridine rings is 1. The van der Waals surface area contributed by atoms with Gasteiger partial charge in [0.05, 0.1) is 11.9 Å². The first-order valence-corrected chi connectivity index (χ1v) is 7.29. The van der Waals surface area contributed by atoms with Crippen molar-refractivity contribution in [2.45, 2.75) is 45.2 Å². The first-order valence-electron chi connectivity index (χ1n) is 7.29. The summed E-state index contributed by atoms with van der Waals surface area (Å²) in [5.41, 5.74) is 0.928. The van der Waals surface area contributed by atoms with E-state index in [0.29, 0.717) is 6.04 Å². The van der Waals surface area contributed by atoms with E-state index in [1.165, 1.54) is 38.2 Å². The normalized spacial score (nSPS) is 19.5. The van der Waals surface area contributed by atoms with Crippen LogP contribution in [-0.2, 0) is 0 Å². The Hall–Kier alpha value is -1.00. The molecule has 106 valence electrons. The van der Waals surface area contributed by atoms with E-state index >= 15 is 0 Å². The molecular weight excluding hydrogens is 241 g/mol. The van der Waals surface area contributed by atoms with E-state index in [4.69, 9.17) is 0 Å². The molecule has 2 heterocycles. The van der Waals surface area contributed by atoms with Crippen LogP contribution in [0.15, 0.2) is 18.3 Å². The molecule has 0 saturated carbocycles. The maximum Gasteiger partial charge on any atom is 0.141 e. The van der Waals surface area contributed by atoms with Gasteiger partial charge in [0, 0.05) is 18.6 Å². The predicted molar refractivity (Wildman–Crippen MR) is 75.5 cm³/mol. The zero-order valence-electron chi connectivity index (χ0n) is 11.9. The van der Waals surface area contributed by atoms with Crippen LogP contribution in [-0.4, -0.2) is 35.6 Å². The van der Waals surface area contributed by atoms with Crippen molar-refractivity contribution in [3.8, 4) is 0 Å². The molecule has 19 heavy (non-hydrogen) atoms. The minimum absolute atomic E-state index is 0.214. The second kappa shape index (κ2) is 6.96. The summed E-state index contributed by atoms with van der Waals surface area (Å²) in [5, 5.41) is 3.56. The Morgan fingerprint density at radius 3 is 2.68 bits per heavy atom. The summed E-state index contributed by atoms with van der Waals surface area (Å²) in [6, 6.07) is 4.02. The predicted octanol–water partition coefficient (Wildman–Crippen LogP) is 2.75. The molecular formula is C15H24FN3. The number of aromatic nitrogens is 1. The van der Waals surface area contributed by atoms with Crippen molar-refractivity contribution in [3.05, 3.63) is 29.8 Å². The Bertz CT molecular complexity index is 373. The van der Waals surface area contributed by atoms with Crippen LogP contribution in [0.4, 0.5) is 4.39 Å². The summed E-state index contributed by atoms with van der Waals surface area (Å²) in [7, 11) is 0. The van der Waals surface area contributed by atoms with Crippen LogP contribution < -0.4 is 5.32 Å². The third-order valence-corrected chi connectivity index (χ3v) is 3.94.